The number of unbranched alkanes of at least 4 members (excludes halogenated alkanes) is 1. The van der Waals surface area contributed by atoms with Crippen LogP contribution in [0.4, 0.5) is 8.78 Å². The monoisotopic (exact) mass is 303 g/mol. The zero-order valence-corrected chi connectivity index (χ0v) is 14.0. The SMILES string of the molecule is CCCCC1CC(CN(C=O)CC(C)(C)C)CCC1(F)F. The molecule has 1 rings (SSSR count). The van der Waals surface area contributed by atoms with Crippen molar-refractivity contribution < 1.29 is 13.6 Å². The quantitative estimate of drug-likeness (QED) is 0.622. The Kier molecular flexibility index (Phi) is 6.61. The van der Waals surface area contributed by atoms with Crippen LogP contribution < -0.4 is 0 Å². The summed E-state index contributed by atoms with van der Waals surface area (Å²) >= 11 is 0. The van der Waals surface area contributed by atoms with Crippen LogP contribution in [0.1, 0.15) is 66.2 Å². The van der Waals surface area contributed by atoms with Crippen molar-refractivity contribution in [1.82, 2.24) is 4.90 Å². The van der Waals surface area contributed by atoms with Crippen molar-refractivity contribution in [3.63, 3.8) is 0 Å². The first-order valence-corrected chi connectivity index (χ1v) is 8.25. The number of amides is 1. The molecule has 1 fully saturated rings. The van der Waals surface area contributed by atoms with Crippen LogP contribution in [0.5, 0.6) is 0 Å². The van der Waals surface area contributed by atoms with Crippen molar-refractivity contribution in [1.29, 1.82) is 0 Å². The topological polar surface area (TPSA) is 20.3 Å². The van der Waals surface area contributed by atoms with Crippen molar-refractivity contribution in [2.45, 2.75) is 72.1 Å². The molecular weight excluding hydrogens is 272 g/mol. The third-order valence-corrected chi connectivity index (χ3v) is 4.33. The molecule has 0 spiro atoms. The maximum absolute atomic E-state index is 14.0. The Balaban J connectivity index is 2.57. The molecule has 124 valence electrons. The summed E-state index contributed by atoms with van der Waals surface area (Å²) in [6, 6.07) is 0. The number of carbonyl (C=O) groups excluding carboxylic acids is 1. The second-order valence-corrected chi connectivity index (χ2v) is 7.84. The van der Waals surface area contributed by atoms with Crippen LogP contribution >= 0.6 is 0 Å². The van der Waals surface area contributed by atoms with Crippen molar-refractivity contribution in [3.05, 3.63) is 0 Å². The van der Waals surface area contributed by atoms with Crippen molar-refractivity contribution in [3.8, 4) is 0 Å². The van der Waals surface area contributed by atoms with Gasteiger partial charge >= 0.3 is 0 Å². The molecule has 1 aliphatic rings. The van der Waals surface area contributed by atoms with Gasteiger partial charge in [0.2, 0.25) is 6.41 Å². The zero-order valence-electron chi connectivity index (χ0n) is 14.0. The highest BCUT2D eigenvalue weighted by atomic mass is 19.3. The van der Waals surface area contributed by atoms with E-state index in [4.69, 9.17) is 0 Å². The van der Waals surface area contributed by atoms with Crippen molar-refractivity contribution in [2.75, 3.05) is 13.1 Å². The molecule has 1 amide bonds. The van der Waals surface area contributed by atoms with E-state index < -0.39 is 11.8 Å². The van der Waals surface area contributed by atoms with Crippen molar-refractivity contribution in [2.24, 2.45) is 17.3 Å². The first-order chi connectivity index (χ1) is 9.68. The van der Waals surface area contributed by atoms with Gasteiger partial charge in [0.05, 0.1) is 0 Å². The Morgan fingerprint density at radius 2 is 2.00 bits per heavy atom. The van der Waals surface area contributed by atoms with Gasteiger partial charge in [0.25, 0.3) is 5.92 Å². The van der Waals surface area contributed by atoms with Gasteiger partial charge in [-0.1, -0.05) is 40.5 Å². The third kappa shape index (κ3) is 6.31. The van der Waals surface area contributed by atoms with Gasteiger partial charge in [-0.3, -0.25) is 4.79 Å². The molecule has 0 aliphatic heterocycles. The Bertz CT molecular complexity index is 325. The minimum Gasteiger partial charge on any atom is -0.344 e. The lowest BCUT2D eigenvalue weighted by atomic mass is 9.76. The summed E-state index contributed by atoms with van der Waals surface area (Å²) in [7, 11) is 0. The molecule has 0 N–H and O–H groups in total. The number of halogens is 2. The fourth-order valence-corrected chi connectivity index (χ4v) is 3.32. The summed E-state index contributed by atoms with van der Waals surface area (Å²) in [5.41, 5.74) is 0.0428. The zero-order chi connectivity index (χ0) is 16.1. The molecular formula is C17H31F2NO. The lowest BCUT2D eigenvalue weighted by Gasteiger charge is -2.38. The summed E-state index contributed by atoms with van der Waals surface area (Å²) in [5, 5.41) is 0. The number of alkyl halides is 2. The molecule has 0 heterocycles. The molecule has 0 aromatic heterocycles. The number of nitrogens with zero attached hydrogens (tertiary/aromatic N) is 1. The molecule has 2 nitrogen and oxygen atoms in total. The Morgan fingerprint density at radius 3 is 2.52 bits per heavy atom. The van der Waals surface area contributed by atoms with E-state index in [1.54, 1.807) is 4.90 Å². The van der Waals surface area contributed by atoms with Crippen LogP contribution in [-0.2, 0) is 4.79 Å². The molecule has 1 aliphatic carbocycles. The number of rotatable bonds is 7. The molecule has 2 atom stereocenters. The lowest BCUT2D eigenvalue weighted by molar-refractivity contribution is -0.123. The lowest BCUT2D eigenvalue weighted by Crippen LogP contribution is -2.41. The fourth-order valence-electron chi connectivity index (χ4n) is 3.32. The molecule has 0 aromatic carbocycles. The van der Waals surface area contributed by atoms with Gasteiger partial charge in [0.1, 0.15) is 0 Å². The molecule has 0 aromatic rings. The molecule has 0 saturated heterocycles. The average Bonchev–Trinajstić information content (AvgIpc) is 2.36. The van der Waals surface area contributed by atoms with E-state index >= 15 is 0 Å². The van der Waals surface area contributed by atoms with E-state index in [1.807, 2.05) is 6.92 Å². The predicted molar refractivity (Wildman–Crippen MR) is 82.4 cm³/mol. The third-order valence-electron chi connectivity index (χ3n) is 4.33. The normalized spacial score (nSPS) is 25.6. The largest absolute Gasteiger partial charge is 0.344 e. The van der Waals surface area contributed by atoms with Crippen molar-refractivity contribution >= 4 is 6.41 Å². The van der Waals surface area contributed by atoms with E-state index in [9.17, 15) is 13.6 Å². The van der Waals surface area contributed by atoms with Gasteiger partial charge in [0.15, 0.2) is 0 Å². The highest BCUT2D eigenvalue weighted by Gasteiger charge is 2.44. The van der Waals surface area contributed by atoms with Gasteiger partial charge in [-0.25, -0.2) is 8.78 Å². The molecule has 1 saturated carbocycles. The van der Waals surface area contributed by atoms with Crippen LogP contribution in [0, 0.1) is 17.3 Å². The average molecular weight is 303 g/mol. The highest BCUT2D eigenvalue weighted by molar-refractivity contribution is 5.47. The van der Waals surface area contributed by atoms with E-state index in [1.165, 1.54) is 0 Å². The van der Waals surface area contributed by atoms with Gasteiger partial charge in [-0.15, -0.1) is 0 Å². The molecule has 2 unspecified atom stereocenters. The molecule has 4 heteroatoms. The predicted octanol–water partition coefficient (Wildman–Crippen LogP) is 4.73. The summed E-state index contributed by atoms with van der Waals surface area (Å²) in [6.45, 7) is 9.60. The molecule has 0 radical (unpaired) electrons. The Labute approximate surface area is 128 Å². The Morgan fingerprint density at radius 1 is 1.33 bits per heavy atom. The summed E-state index contributed by atoms with van der Waals surface area (Å²) in [6.07, 6.45) is 4.38. The maximum Gasteiger partial charge on any atom is 0.250 e. The first-order valence-electron chi connectivity index (χ1n) is 8.25. The number of hydrogen-bond acceptors (Lipinski definition) is 1. The number of carbonyl (C=O) groups is 1. The minimum atomic E-state index is -2.51. The van der Waals surface area contributed by atoms with E-state index in [-0.39, 0.29) is 17.8 Å². The number of hydrogen-bond donors (Lipinski definition) is 0. The molecule has 0 bridgehead atoms. The Hall–Kier alpha value is -0.670. The van der Waals surface area contributed by atoms with E-state index in [0.29, 0.717) is 32.4 Å². The summed E-state index contributed by atoms with van der Waals surface area (Å²) < 4.78 is 27.9. The highest BCUT2D eigenvalue weighted by Crippen LogP contribution is 2.43. The van der Waals surface area contributed by atoms with E-state index in [2.05, 4.69) is 20.8 Å². The summed E-state index contributed by atoms with van der Waals surface area (Å²) in [4.78, 5) is 13.0. The van der Waals surface area contributed by atoms with Gasteiger partial charge < -0.3 is 4.90 Å². The standard InChI is InChI=1S/C17H31F2NO/c1-5-6-7-15-10-14(8-9-17(15,18)19)11-20(13-21)12-16(2,3)4/h13-15H,5-12H2,1-4H3. The van der Waals surface area contributed by atoms with Crippen LogP contribution in [0.25, 0.3) is 0 Å². The minimum absolute atomic E-state index is 0.0196. The van der Waals surface area contributed by atoms with Gasteiger partial charge in [-0.05, 0) is 30.6 Å². The van der Waals surface area contributed by atoms with Gasteiger partial charge in [-0.2, -0.15) is 0 Å². The molecule has 21 heavy (non-hydrogen) atoms. The second-order valence-electron chi connectivity index (χ2n) is 7.84. The maximum atomic E-state index is 14.0. The van der Waals surface area contributed by atoms with Gasteiger partial charge in [0, 0.05) is 25.4 Å². The van der Waals surface area contributed by atoms with Crippen LogP contribution in [0.3, 0.4) is 0 Å². The smallest absolute Gasteiger partial charge is 0.250 e. The van der Waals surface area contributed by atoms with Crippen LogP contribution in [0.2, 0.25) is 0 Å². The second kappa shape index (κ2) is 7.55. The first kappa shape index (κ1) is 18.4. The van der Waals surface area contributed by atoms with Crippen LogP contribution in [0.15, 0.2) is 0 Å². The fraction of sp³-hybridized carbons (Fsp3) is 0.941. The van der Waals surface area contributed by atoms with E-state index in [0.717, 1.165) is 19.3 Å². The summed E-state index contributed by atoms with van der Waals surface area (Å²) in [5.74, 6) is -2.79. The van der Waals surface area contributed by atoms with Crippen LogP contribution in [-0.4, -0.2) is 30.3 Å².